The number of hydrogen-bond donors (Lipinski definition) is 1. The van der Waals surface area contributed by atoms with Gasteiger partial charge in [0, 0.05) is 11.9 Å². The molecule has 1 heterocycles. The number of anilines is 1. The molecule has 1 unspecified atom stereocenters. The number of terminal acetylenes is 1. The van der Waals surface area contributed by atoms with Crippen molar-refractivity contribution in [1.82, 2.24) is 9.97 Å². The monoisotopic (exact) mass is 189 g/mol. The zero-order valence-electron chi connectivity index (χ0n) is 8.83. The molecule has 3 heteroatoms. The van der Waals surface area contributed by atoms with Crippen LogP contribution in [-0.2, 0) is 0 Å². The van der Waals surface area contributed by atoms with E-state index in [-0.39, 0.29) is 5.54 Å². The van der Waals surface area contributed by atoms with Crippen molar-refractivity contribution < 1.29 is 0 Å². The molecule has 0 aliphatic rings. The highest BCUT2D eigenvalue weighted by atomic mass is 15.1. The summed E-state index contributed by atoms with van der Waals surface area (Å²) in [7, 11) is 0. The van der Waals surface area contributed by atoms with Gasteiger partial charge in [0.25, 0.3) is 0 Å². The highest BCUT2D eigenvalue weighted by Crippen LogP contribution is 2.13. The van der Waals surface area contributed by atoms with E-state index in [1.54, 1.807) is 6.20 Å². The van der Waals surface area contributed by atoms with Gasteiger partial charge in [-0.3, -0.25) is 0 Å². The molecule has 0 radical (unpaired) electrons. The van der Waals surface area contributed by atoms with Crippen LogP contribution in [0.1, 0.15) is 26.0 Å². The molecule has 14 heavy (non-hydrogen) atoms. The van der Waals surface area contributed by atoms with E-state index >= 15 is 0 Å². The maximum atomic E-state index is 5.44. The fourth-order valence-corrected chi connectivity index (χ4v) is 0.982. The lowest BCUT2D eigenvalue weighted by Crippen LogP contribution is -2.32. The molecule has 0 spiro atoms. The van der Waals surface area contributed by atoms with Gasteiger partial charge in [0.15, 0.2) is 0 Å². The molecular formula is C11H15N3. The van der Waals surface area contributed by atoms with Crippen molar-refractivity contribution in [1.29, 1.82) is 0 Å². The first-order chi connectivity index (χ1) is 6.59. The molecule has 3 nitrogen and oxygen atoms in total. The zero-order valence-corrected chi connectivity index (χ0v) is 8.83. The summed E-state index contributed by atoms with van der Waals surface area (Å²) in [5.74, 6) is 3.30. The highest BCUT2D eigenvalue weighted by Gasteiger charge is 2.18. The third-order valence-electron chi connectivity index (χ3n) is 2.21. The van der Waals surface area contributed by atoms with Gasteiger partial charge >= 0.3 is 0 Å². The van der Waals surface area contributed by atoms with Crippen molar-refractivity contribution in [2.45, 2.75) is 32.7 Å². The van der Waals surface area contributed by atoms with Crippen molar-refractivity contribution in [2.75, 3.05) is 5.32 Å². The Morgan fingerprint density at radius 1 is 1.64 bits per heavy atom. The summed E-state index contributed by atoms with van der Waals surface area (Å²) >= 11 is 0. The molecule has 0 bridgehead atoms. The largest absolute Gasteiger partial charge is 0.338 e. The smallest absolute Gasteiger partial charge is 0.224 e. The minimum absolute atomic E-state index is 0.367. The third kappa shape index (κ3) is 2.46. The van der Waals surface area contributed by atoms with Gasteiger partial charge in [0.1, 0.15) is 0 Å². The summed E-state index contributed by atoms with van der Waals surface area (Å²) in [4.78, 5) is 8.34. The Balaban J connectivity index is 2.84. The molecular weight excluding hydrogens is 174 g/mol. The molecule has 1 rings (SSSR count). The van der Waals surface area contributed by atoms with E-state index in [0.29, 0.717) is 5.95 Å². The van der Waals surface area contributed by atoms with Crippen molar-refractivity contribution in [3.8, 4) is 12.3 Å². The molecule has 0 aliphatic carbocycles. The van der Waals surface area contributed by atoms with Gasteiger partial charge in [-0.2, -0.15) is 0 Å². The number of nitrogens with zero attached hydrogens (tertiary/aromatic N) is 2. The first-order valence-electron chi connectivity index (χ1n) is 4.65. The molecule has 74 valence electrons. The molecule has 1 atom stereocenters. The second-order valence-electron chi connectivity index (χ2n) is 3.48. The quantitative estimate of drug-likeness (QED) is 0.739. The second-order valence-corrected chi connectivity index (χ2v) is 3.48. The zero-order chi connectivity index (χ0) is 10.6. The van der Waals surface area contributed by atoms with Gasteiger partial charge in [0.2, 0.25) is 5.95 Å². The molecule has 0 aromatic carbocycles. The first kappa shape index (κ1) is 10.5. The van der Waals surface area contributed by atoms with E-state index in [4.69, 9.17) is 6.42 Å². The van der Waals surface area contributed by atoms with Gasteiger partial charge in [-0.15, -0.1) is 6.42 Å². The predicted octanol–water partition coefficient (Wildman–Crippen LogP) is 2.00. The first-order valence-corrected chi connectivity index (χ1v) is 4.65. The normalized spacial score (nSPS) is 14.1. The number of nitrogens with one attached hydrogen (secondary N) is 1. The van der Waals surface area contributed by atoms with E-state index < -0.39 is 0 Å². The van der Waals surface area contributed by atoms with Crippen LogP contribution in [0, 0.1) is 19.3 Å². The molecule has 1 aromatic heterocycles. The minimum atomic E-state index is -0.367. The average molecular weight is 189 g/mol. The Morgan fingerprint density at radius 2 is 2.36 bits per heavy atom. The average Bonchev–Trinajstić information content (AvgIpc) is 2.18. The molecule has 1 aromatic rings. The van der Waals surface area contributed by atoms with Crippen LogP contribution < -0.4 is 5.32 Å². The minimum Gasteiger partial charge on any atom is -0.338 e. The molecule has 0 aliphatic heterocycles. The van der Waals surface area contributed by atoms with E-state index in [1.807, 2.05) is 26.8 Å². The van der Waals surface area contributed by atoms with Gasteiger partial charge < -0.3 is 5.32 Å². The second kappa shape index (κ2) is 4.10. The van der Waals surface area contributed by atoms with E-state index in [1.165, 1.54) is 0 Å². The fraction of sp³-hybridized carbons (Fsp3) is 0.455. The van der Waals surface area contributed by atoms with Crippen LogP contribution in [0.15, 0.2) is 12.3 Å². The molecule has 0 saturated carbocycles. The number of rotatable bonds is 3. The van der Waals surface area contributed by atoms with E-state index in [0.717, 1.165) is 12.1 Å². The molecule has 0 saturated heterocycles. The summed E-state index contributed by atoms with van der Waals surface area (Å²) in [6.45, 7) is 5.91. The topological polar surface area (TPSA) is 37.8 Å². The third-order valence-corrected chi connectivity index (χ3v) is 2.21. The Kier molecular flexibility index (Phi) is 3.08. The summed E-state index contributed by atoms with van der Waals surface area (Å²) in [6, 6.07) is 1.85. The van der Waals surface area contributed by atoms with Crippen LogP contribution in [-0.4, -0.2) is 15.5 Å². The lowest BCUT2D eigenvalue weighted by molar-refractivity contribution is 0.627. The Morgan fingerprint density at radius 3 is 2.86 bits per heavy atom. The standard InChI is InChI=1S/C11H15N3/c1-5-11(4,6-2)14-10-12-8-7-9(3)13-10/h1,7-8H,6H2,2-4H3,(H,12,13,14). The molecule has 1 N–H and O–H groups in total. The van der Waals surface area contributed by atoms with Crippen LogP contribution in [0.5, 0.6) is 0 Å². The maximum absolute atomic E-state index is 5.44. The summed E-state index contributed by atoms with van der Waals surface area (Å²) in [5, 5.41) is 3.14. The Labute approximate surface area is 85.0 Å². The summed E-state index contributed by atoms with van der Waals surface area (Å²) in [5.41, 5.74) is 0.561. The van der Waals surface area contributed by atoms with Gasteiger partial charge in [-0.1, -0.05) is 12.8 Å². The van der Waals surface area contributed by atoms with Crippen LogP contribution in [0.4, 0.5) is 5.95 Å². The van der Waals surface area contributed by atoms with E-state index in [2.05, 4.69) is 21.2 Å². The van der Waals surface area contributed by atoms with Crippen LogP contribution in [0.3, 0.4) is 0 Å². The summed E-state index contributed by atoms with van der Waals surface area (Å²) < 4.78 is 0. The van der Waals surface area contributed by atoms with E-state index in [9.17, 15) is 0 Å². The number of hydrogen-bond acceptors (Lipinski definition) is 3. The van der Waals surface area contributed by atoms with Gasteiger partial charge in [-0.05, 0) is 26.3 Å². The number of aromatic nitrogens is 2. The van der Waals surface area contributed by atoms with Crippen LogP contribution >= 0.6 is 0 Å². The molecule has 0 fully saturated rings. The SMILES string of the molecule is C#CC(C)(CC)Nc1nccc(C)n1. The van der Waals surface area contributed by atoms with Crippen molar-refractivity contribution in [2.24, 2.45) is 0 Å². The van der Waals surface area contributed by atoms with Gasteiger partial charge in [0.05, 0.1) is 5.54 Å². The Bertz CT molecular complexity index is 354. The van der Waals surface area contributed by atoms with Crippen LogP contribution in [0.25, 0.3) is 0 Å². The van der Waals surface area contributed by atoms with Crippen molar-refractivity contribution >= 4 is 5.95 Å². The van der Waals surface area contributed by atoms with Crippen LogP contribution in [0.2, 0.25) is 0 Å². The number of aryl methyl sites for hydroxylation is 1. The van der Waals surface area contributed by atoms with Gasteiger partial charge in [-0.25, -0.2) is 9.97 Å². The fourth-order valence-electron chi connectivity index (χ4n) is 0.982. The predicted molar refractivity (Wildman–Crippen MR) is 57.9 cm³/mol. The molecule has 0 amide bonds. The Hall–Kier alpha value is -1.56. The lowest BCUT2D eigenvalue weighted by atomic mass is 10.0. The maximum Gasteiger partial charge on any atom is 0.224 e. The lowest BCUT2D eigenvalue weighted by Gasteiger charge is -2.23. The van der Waals surface area contributed by atoms with Crippen molar-refractivity contribution in [3.05, 3.63) is 18.0 Å². The summed E-state index contributed by atoms with van der Waals surface area (Å²) in [6.07, 6.45) is 7.99. The van der Waals surface area contributed by atoms with Crippen molar-refractivity contribution in [3.63, 3.8) is 0 Å². The highest BCUT2D eigenvalue weighted by molar-refractivity contribution is 5.34.